The highest BCUT2D eigenvalue weighted by atomic mass is 32.2. The second-order valence-electron chi connectivity index (χ2n) is 4.23. The average molecular weight is 302 g/mol. The van der Waals surface area contributed by atoms with Crippen molar-refractivity contribution in [2.75, 3.05) is 13.7 Å². The van der Waals surface area contributed by atoms with Crippen molar-refractivity contribution >= 4 is 11.8 Å². The third kappa shape index (κ3) is 4.52. The fourth-order valence-electron chi connectivity index (χ4n) is 1.78. The van der Waals surface area contributed by atoms with Gasteiger partial charge in [0.25, 0.3) is 0 Å². The van der Waals surface area contributed by atoms with Gasteiger partial charge in [0.1, 0.15) is 18.2 Å². The molecule has 0 aromatic heterocycles. The Balaban J connectivity index is 2.15. The Morgan fingerprint density at radius 3 is 2.86 bits per heavy atom. The maximum atomic E-state index is 13.3. The summed E-state index contributed by atoms with van der Waals surface area (Å²) in [6, 6.07) is 12.3. The molecule has 2 aromatic carbocycles. The van der Waals surface area contributed by atoms with Crippen LogP contribution in [0.5, 0.6) is 5.75 Å². The molecule has 2 nitrogen and oxygen atoms in total. The van der Waals surface area contributed by atoms with Crippen LogP contribution in [0.3, 0.4) is 0 Å². The molecule has 0 amide bonds. The number of hydrogen-bond acceptors (Lipinski definition) is 3. The van der Waals surface area contributed by atoms with Gasteiger partial charge < -0.3 is 9.84 Å². The quantitative estimate of drug-likeness (QED) is 0.693. The summed E-state index contributed by atoms with van der Waals surface area (Å²) >= 11 is 1.62. The molecule has 0 aliphatic carbocycles. The van der Waals surface area contributed by atoms with Crippen molar-refractivity contribution in [1.82, 2.24) is 0 Å². The van der Waals surface area contributed by atoms with Crippen molar-refractivity contribution in [3.8, 4) is 17.6 Å². The van der Waals surface area contributed by atoms with Gasteiger partial charge in [0.2, 0.25) is 0 Å². The van der Waals surface area contributed by atoms with Crippen molar-refractivity contribution in [3.63, 3.8) is 0 Å². The minimum Gasteiger partial charge on any atom is -0.497 e. The van der Waals surface area contributed by atoms with Crippen LogP contribution in [0.4, 0.5) is 4.39 Å². The minimum atomic E-state index is -0.327. The first-order valence-electron chi connectivity index (χ1n) is 6.38. The molecule has 0 aliphatic heterocycles. The van der Waals surface area contributed by atoms with Gasteiger partial charge in [0.15, 0.2) is 0 Å². The van der Waals surface area contributed by atoms with Crippen LogP contribution in [0.25, 0.3) is 0 Å². The third-order valence-corrected chi connectivity index (χ3v) is 3.85. The van der Waals surface area contributed by atoms with Gasteiger partial charge in [0.05, 0.1) is 7.11 Å². The minimum absolute atomic E-state index is 0.237. The maximum absolute atomic E-state index is 13.3. The fourth-order valence-corrected chi connectivity index (χ4v) is 2.73. The number of hydrogen-bond donors (Lipinski definition) is 1. The second-order valence-corrected chi connectivity index (χ2v) is 5.28. The Labute approximate surface area is 128 Å². The summed E-state index contributed by atoms with van der Waals surface area (Å²) in [5, 5.41) is 8.77. The molecule has 0 saturated heterocycles. The first-order chi connectivity index (χ1) is 10.2. The molecule has 0 heterocycles. The van der Waals surface area contributed by atoms with Gasteiger partial charge >= 0.3 is 0 Å². The summed E-state index contributed by atoms with van der Waals surface area (Å²) in [4.78, 5) is 1.07. The van der Waals surface area contributed by atoms with E-state index in [4.69, 9.17) is 9.84 Å². The molecule has 2 aromatic rings. The normalized spacial score (nSPS) is 9.86. The largest absolute Gasteiger partial charge is 0.497 e. The number of aliphatic hydroxyl groups excluding tert-OH is 1. The molecular formula is C17H15FO2S. The lowest BCUT2D eigenvalue weighted by atomic mass is 10.1. The van der Waals surface area contributed by atoms with E-state index in [-0.39, 0.29) is 12.4 Å². The SMILES string of the molecule is COc1cccc(SCc2ccc(F)cc2C#CCO)c1. The van der Waals surface area contributed by atoms with E-state index in [2.05, 4.69) is 11.8 Å². The van der Waals surface area contributed by atoms with Crippen LogP contribution in [-0.4, -0.2) is 18.8 Å². The zero-order valence-corrected chi connectivity index (χ0v) is 12.4. The number of ether oxygens (including phenoxy) is 1. The first-order valence-corrected chi connectivity index (χ1v) is 7.36. The Hall–Kier alpha value is -1.96. The van der Waals surface area contributed by atoms with E-state index in [1.54, 1.807) is 24.9 Å². The lowest BCUT2D eigenvalue weighted by Gasteiger charge is -2.06. The highest BCUT2D eigenvalue weighted by Gasteiger charge is 2.04. The highest BCUT2D eigenvalue weighted by molar-refractivity contribution is 7.98. The van der Waals surface area contributed by atoms with Crippen molar-refractivity contribution < 1.29 is 14.2 Å². The van der Waals surface area contributed by atoms with Crippen LogP contribution in [0, 0.1) is 17.7 Å². The lowest BCUT2D eigenvalue weighted by Crippen LogP contribution is -1.90. The number of aliphatic hydroxyl groups is 1. The summed E-state index contributed by atoms with van der Waals surface area (Å²) in [7, 11) is 1.63. The topological polar surface area (TPSA) is 29.5 Å². The average Bonchev–Trinajstić information content (AvgIpc) is 2.52. The molecule has 0 bridgehead atoms. The number of rotatable bonds is 4. The second kappa shape index (κ2) is 7.72. The molecule has 21 heavy (non-hydrogen) atoms. The molecule has 0 saturated carbocycles. The lowest BCUT2D eigenvalue weighted by molar-refractivity contribution is 0.350. The van der Waals surface area contributed by atoms with Crippen LogP contribution < -0.4 is 4.74 Å². The standard InChI is InChI=1S/C17H15FO2S/c1-20-16-5-2-6-17(11-16)21-12-14-7-8-15(18)10-13(14)4-3-9-19/h2,5-8,10-11,19H,9,12H2,1H3. The Morgan fingerprint density at radius 1 is 1.24 bits per heavy atom. The Bertz CT molecular complexity index is 674. The monoisotopic (exact) mass is 302 g/mol. The number of thioether (sulfide) groups is 1. The van der Waals surface area contributed by atoms with Gasteiger partial charge in [-0.2, -0.15) is 0 Å². The Morgan fingerprint density at radius 2 is 2.10 bits per heavy atom. The zero-order valence-electron chi connectivity index (χ0n) is 11.6. The molecular weight excluding hydrogens is 287 g/mol. The van der Waals surface area contributed by atoms with E-state index < -0.39 is 0 Å². The maximum Gasteiger partial charge on any atom is 0.124 e. The molecule has 0 spiro atoms. The van der Waals surface area contributed by atoms with Crippen molar-refractivity contribution in [2.45, 2.75) is 10.6 Å². The van der Waals surface area contributed by atoms with Crippen LogP contribution in [0.2, 0.25) is 0 Å². The van der Waals surface area contributed by atoms with E-state index in [0.29, 0.717) is 11.3 Å². The van der Waals surface area contributed by atoms with Gasteiger partial charge in [-0.1, -0.05) is 24.0 Å². The smallest absolute Gasteiger partial charge is 0.124 e. The molecule has 0 aliphatic rings. The molecule has 0 unspecified atom stereocenters. The highest BCUT2D eigenvalue weighted by Crippen LogP contribution is 2.27. The molecule has 2 rings (SSSR count). The van der Waals surface area contributed by atoms with Gasteiger partial charge in [-0.05, 0) is 35.9 Å². The van der Waals surface area contributed by atoms with Gasteiger partial charge in [-0.25, -0.2) is 4.39 Å². The molecule has 108 valence electrons. The van der Waals surface area contributed by atoms with Crippen molar-refractivity contribution in [3.05, 3.63) is 59.4 Å². The zero-order chi connectivity index (χ0) is 15.1. The summed E-state index contributed by atoms with van der Waals surface area (Å²) in [6.45, 7) is -0.237. The summed E-state index contributed by atoms with van der Waals surface area (Å²) in [5.74, 6) is 6.49. The fraction of sp³-hybridized carbons (Fsp3) is 0.176. The van der Waals surface area contributed by atoms with E-state index >= 15 is 0 Å². The van der Waals surface area contributed by atoms with Crippen LogP contribution in [0.1, 0.15) is 11.1 Å². The molecule has 0 atom stereocenters. The molecule has 1 N–H and O–H groups in total. The van der Waals surface area contributed by atoms with Crippen LogP contribution in [-0.2, 0) is 5.75 Å². The Kier molecular flexibility index (Phi) is 5.68. The summed E-state index contributed by atoms with van der Waals surface area (Å²) in [6.07, 6.45) is 0. The molecule has 0 radical (unpaired) electrons. The van der Waals surface area contributed by atoms with E-state index in [9.17, 15) is 4.39 Å². The predicted octanol–water partition coefficient (Wildman–Crippen LogP) is 3.47. The van der Waals surface area contributed by atoms with Crippen LogP contribution in [0.15, 0.2) is 47.4 Å². The first kappa shape index (κ1) is 15.4. The third-order valence-electron chi connectivity index (χ3n) is 2.81. The number of methoxy groups -OCH3 is 1. The van der Waals surface area contributed by atoms with Crippen molar-refractivity contribution in [2.24, 2.45) is 0 Å². The van der Waals surface area contributed by atoms with E-state index in [1.807, 2.05) is 24.3 Å². The molecule has 0 fully saturated rings. The van der Waals surface area contributed by atoms with Crippen molar-refractivity contribution in [1.29, 1.82) is 0 Å². The molecule has 4 heteroatoms. The van der Waals surface area contributed by atoms with Gasteiger partial charge in [-0.3, -0.25) is 0 Å². The van der Waals surface area contributed by atoms with Gasteiger partial charge in [-0.15, -0.1) is 11.8 Å². The van der Waals surface area contributed by atoms with E-state index in [1.165, 1.54) is 12.1 Å². The van der Waals surface area contributed by atoms with Gasteiger partial charge in [0, 0.05) is 16.2 Å². The number of benzene rings is 2. The summed E-state index contributed by atoms with van der Waals surface area (Å²) < 4.78 is 18.5. The van der Waals surface area contributed by atoms with Crippen LogP contribution >= 0.6 is 11.8 Å². The number of halogens is 1. The predicted molar refractivity (Wildman–Crippen MR) is 82.9 cm³/mol. The van der Waals surface area contributed by atoms with E-state index in [0.717, 1.165) is 16.2 Å². The summed E-state index contributed by atoms with van der Waals surface area (Å²) in [5.41, 5.74) is 1.55.